The molecule has 0 rings (SSSR count). The van der Waals surface area contributed by atoms with Crippen LogP contribution in [0.15, 0.2) is 0 Å². The fraction of sp³-hybridized carbons (Fsp3) is 1.00. The fourth-order valence-electron chi connectivity index (χ4n) is 2.41. The van der Waals surface area contributed by atoms with Crippen LogP contribution in [0.3, 0.4) is 0 Å². The number of unbranched alkanes of at least 4 members (excludes halogenated alkanes) is 7. The van der Waals surface area contributed by atoms with Crippen molar-refractivity contribution >= 4 is 9.84 Å². The fourth-order valence-corrected chi connectivity index (χ4v) is 3.28. The van der Waals surface area contributed by atoms with Gasteiger partial charge in [0.05, 0.1) is 5.25 Å². The molecule has 4 heteroatoms. The van der Waals surface area contributed by atoms with E-state index in [9.17, 15) is 8.42 Å². The Labute approximate surface area is 120 Å². The minimum atomic E-state index is -2.93. The van der Waals surface area contributed by atoms with E-state index in [1.54, 1.807) is 6.92 Å². The van der Waals surface area contributed by atoms with Gasteiger partial charge >= 0.3 is 0 Å². The van der Waals surface area contributed by atoms with Crippen molar-refractivity contribution in [2.45, 2.75) is 82.9 Å². The molecule has 19 heavy (non-hydrogen) atoms. The van der Waals surface area contributed by atoms with Gasteiger partial charge in [-0.05, 0) is 20.4 Å². The van der Waals surface area contributed by atoms with Crippen molar-refractivity contribution in [1.29, 1.82) is 0 Å². The molecule has 0 amide bonds. The van der Waals surface area contributed by atoms with Crippen molar-refractivity contribution in [3.05, 3.63) is 0 Å². The molecule has 0 aromatic heterocycles. The summed E-state index contributed by atoms with van der Waals surface area (Å²) in [6, 6.07) is 0.0927. The predicted octanol–water partition coefficient (Wildman–Crippen LogP) is 3.54. The van der Waals surface area contributed by atoms with Gasteiger partial charge in [0.2, 0.25) is 0 Å². The van der Waals surface area contributed by atoms with E-state index >= 15 is 0 Å². The maximum atomic E-state index is 11.5. The Bertz CT molecular complexity index is 301. The van der Waals surface area contributed by atoms with E-state index in [1.165, 1.54) is 51.2 Å². The minimum Gasteiger partial charge on any atom is -0.316 e. The highest BCUT2D eigenvalue weighted by atomic mass is 32.2. The normalized spacial score (nSPS) is 15.4. The summed E-state index contributed by atoms with van der Waals surface area (Å²) >= 11 is 0. The highest BCUT2D eigenvalue weighted by Crippen LogP contribution is 2.14. The smallest absolute Gasteiger partial charge is 0.151 e. The third-order valence-corrected chi connectivity index (χ3v) is 5.66. The lowest BCUT2D eigenvalue weighted by molar-refractivity contribution is 0.462. The monoisotopic (exact) mass is 291 g/mol. The second-order valence-corrected chi connectivity index (χ2v) is 8.10. The Morgan fingerprint density at radius 1 is 0.947 bits per heavy atom. The maximum absolute atomic E-state index is 11.5. The number of sulfone groups is 1. The molecule has 0 heterocycles. The Kier molecular flexibility index (Phi) is 10.6. The number of nitrogens with one attached hydrogen (secondary N) is 1. The Hall–Kier alpha value is -0.0900. The van der Waals surface area contributed by atoms with Crippen LogP contribution in [0.25, 0.3) is 0 Å². The van der Waals surface area contributed by atoms with E-state index in [4.69, 9.17) is 0 Å². The van der Waals surface area contributed by atoms with E-state index in [-0.39, 0.29) is 11.3 Å². The van der Waals surface area contributed by atoms with Gasteiger partial charge in [-0.25, -0.2) is 8.42 Å². The van der Waals surface area contributed by atoms with Gasteiger partial charge in [-0.3, -0.25) is 0 Å². The topological polar surface area (TPSA) is 46.2 Å². The summed E-state index contributed by atoms with van der Waals surface area (Å²) in [5, 5.41) is 2.86. The second-order valence-electron chi connectivity index (χ2n) is 5.69. The largest absolute Gasteiger partial charge is 0.316 e. The molecule has 0 bridgehead atoms. The first-order valence-electron chi connectivity index (χ1n) is 7.79. The van der Waals surface area contributed by atoms with Gasteiger partial charge in [0, 0.05) is 12.3 Å². The number of hydrogen-bond acceptors (Lipinski definition) is 3. The van der Waals surface area contributed by atoms with Crippen molar-refractivity contribution in [3.8, 4) is 0 Å². The van der Waals surface area contributed by atoms with E-state index < -0.39 is 9.84 Å². The molecule has 0 radical (unpaired) electrons. The molecule has 0 spiro atoms. The quantitative estimate of drug-likeness (QED) is 0.559. The van der Waals surface area contributed by atoms with Gasteiger partial charge in [0.1, 0.15) is 0 Å². The average Bonchev–Trinajstić information content (AvgIpc) is 2.35. The van der Waals surface area contributed by atoms with E-state index in [0.717, 1.165) is 12.8 Å². The first kappa shape index (κ1) is 18.9. The maximum Gasteiger partial charge on any atom is 0.151 e. The third kappa shape index (κ3) is 9.44. The zero-order valence-corrected chi connectivity index (χ0v) is 14.1. The molecule has 2 atom stereocenters. The van der Waals surface area contributed by atoms with Crippen LogP contribution in [-0.4, -0.2) is 33.0 Å². The van der Waals surface area contributed by atoms with Crippen LogP contribution in [0.2, 0.25) is 0 Å². The first-order valence-corrected chi connectivity index (χ1v) is 9.75. The van der Waals surface area contributed by atoms with Crippen molar-refractivity contribution in [2.75, 3.05) is 13.3 Å². The molecule has 2 unspecified atom stereocenters. The average molecular weight is 292 g/mol. The summed E-state index contributed by atoms with van der Waals surface area (Å²) in [5.41, 5.74) is 0. The molecule has 0 aliphatic carbocycles. The summed E-state index contributed by atoms with van der Waals surface area (Å²) < 4.78 is 23.1. The van der Waals surface area contributed by atoms with Crippen LogP contribution in [0, 0.1) is 0 Å². The molecular weight excluding hydrogens is 258 g/mol. The van der Waals surface area contributed by atoms with Crippen LogP contribution in [0.1, 0.15) is 71.6 Å². The second kappa shape index (κ2) is 10.7. The molecular formula is C15H33NO2S. The SMILES string of the molecule is CCCCCCCCCCC(NC)C(C)S(C)(=O)=O. The molecule has 0 aromatic rings. The summed E-state index contributed by atoms with van der Waals surface area (Å²) in [6.07, 6.45) is 12.6. The number of hydrogen-bond donors (Lipinski definition) is 1. The lowest BCUT2D eigenvalue weighted by atomic mass is 10.0. The van der Waals surface area contributed by atoms with Crippen LogP contribution in [0.4, 0.5) is 0 Å². The van der Waals surface area contributed by atoms with Crippen LogP contribution in [0.5, 0.6) is 0 Å². The standard InChI is InChI=1S/C15H33NO2S/c1-5-6-7-8-9-10-11-12-13-15(16-3)14(2)19(4,17)18/h14-16H,5-13H2,1-4H3. The van der Waals surface area contributed by atoms with Crippen molar-refractivity contribution in [1.82, 2.24) is 5.32 Å². The third-order valence-electron chi connectivity index (χ3n) is 3.98. The van der Waals surface area contributed by atoms with Crippen LogP contribution < -0.4 is 5.32 Å². The molecule has 116 valence electrons. The molecule has 0 aromatic carbocycles. The van der Waals surface area contributed by atoms with E-state index in [1.807, 2.05) is 7.05 Å². The summed E-state index contributed by atoms with van der Waals surface area (Å²) in [6.45, 7) is 4.04. The molecule has 3 nitrogen and oxygen atoms in total. The summed E-state index contributed by atoms with van der Waals surface area (Å²) in [7, 11) is -1.08. The van der Waals surface area contributed by atoms with Gasteiger partial charge in [0.25, 0.3) is 0 Å². The predicted molar refractivity (Wildman–Crippen MR) is 84.4 cm³/mol. The van der Waals surface area contributed by atoms with E-state index in [0.29, 0.717) is 0 Å². The molecule has 0 aliphatic heterocycles. The summed E-state index contributed by atoms with van der Waals surface area (Å²) in [5.74, 6) is 0. The number of rotatable bonds is 12. The first-order chi connectivity index (χ1) is 8.93. The highest BCUT2D eigenvalue weighted by molar-refractivity contribution is 7.91. The Morgan fingerprint density at radius 3 is 1.84 bits per heavy atom. The minimum absolute atomic E-state index is 0.0927. The van der Waals surface area contributed by atoms with E-state index in [2.05, 4.69) is 12.2 Å². The highest BCUT2D eigenvalue weighted by Gasteiger charge is 2.23. The summed E-state index contributed by atoms with van der Waals surface area (Å²) in [4.78, 5) is 0. The lowest BCUT2D eigenvalue weighted by Gasteiger charge is -2.22. The van der Waals surface area contributed by atoms with Gasteiger partial charge in [-0.15, -0.1) is 0 Å². The van der Waals surface area contributed by atoms with Crippen molar-refractivity contribution in [2.24, 2.45) is 0 Å². The van der Waals surface area contributed by atoms with Crippen LogP contribution in [-0.2, 0) is 9.84 Å². The van der Waals surface area contributed by atoms with Crippen molar-refractivity contribution in [3.63, 3.8) is 0 Å². The van der Waals surface area contributed by atoms with Gasteiger partial charge in [-0.1, -0.05) is 58.3 Å². The molecule has 0 saturated carbocycles. The zero-order chi connectivity index (χ0) is 14.7. The Balaban J connectivity index is 3.68. The van der Waals surface area contributed by atoms with Crippen LogP contribution >= 0.6 is 0 Å². The van der Waals surface area contributed by atoms with Crippen molar-refractivity contribution < 1.29 is 8.42 Å². The zero-order valence-electron chi connectivity index (χ0n) is 13.2. The lowest BCUT2D eigenvalue weighted by Crippen LogP contribution is -2.40. The molecule has 0 fully saturated rings. The van der Waals surface area contributed by atoms with Gasteiger partial charge in [0.15, 0.2) is 9.84 Å². The van der Waals surface area contributed by atoms with Gasteiger partial charge in [-0.2, -0.15) is 0 Å². The molecule has 1 N–H and O–H groups in total. The molecule has 0 saturated heterocycles. The Morgan fingerprint density at radius 2 is 1.42 bits per heavy atom. The molecule has 0 aliphatic rings. The van der Waals surface area contributed by atoms with Gasteiger partial charge < -0.3 is 5.32 Å².